The molecule has 1 N–H and O–H groups in total. The number of carbonyl (C=O) groups excluding carboxylic acids is 1. The van der Waals surface area contributed by atoms with Crippen LogP contribution in [0.15, 0.2) is 29.9 Å². The van der Waals surface area contributed by atoms with Gasteiger partial charge in [-0.05, 0) is 31.0 Å². The standard InChI is InChI=1S/C17H16N6OS/c1-11-3-4-12(2)14(5-11)21-16(24)6-17-20-13(9-25-17)8-23-10-19-15(7-18)22-23/h3-5,9-10H,6,8H2,1-2H3,(H,21,24). The summed E-state index contributed by atoms with van der Waals surface area (Å²) in [6.07, 6.45) is 1.71. The van der Waals surface area contributed by atoms with E-state index in [9.17, 15) is 4.79 Å². The van der Waals surface area contributed by atoms with Crippen LogP contribution in [0.5, 0.6) is 0 Å². The molecule has 0 bridgehead atoms. The lowest BCUT2D eigenvalue weighted by Crippen LogP contribution is -2.15. The van der Waals surface area contributed by atoms with Gasteiger partial charge in [0.1, 0.15) is 17.4 Å². The van der Waals surface area contributed by atoms with Gasteiger partial charge >= 0.3 is 0 Å². The number of thiazole rings is 1. The van der Waals surface area contributed by atoms with E-state index in [1.54, 1.807) is 4.68 Å². The molecule has 0 aliphatic rings. The molecule has 8 heteroatoms. The molecule has 0 aliphatic heterocycles. The quantitative estimate of drug-likeness (QED) is 0.761. The number of benzene rings is 1. The van der Waals surface area contributed by atoms with E-state index in [-0.39, 0.29) is 18.2 Å². The van der Waals surface area contributed by atoms with E-state index in [4.69, 9.17) is 5.26 Å². The fourth-order valence-corrected chi connectivity index (χ4v) is 3.08. The Morgan fingerprint density at radius 2 is 2.24 bits per heavy atom. The monoisotopic (exact) mass is 352 g/mol. The number of aryl methyl sites for hydroxylation is 2. The zero-order valence-electron chi connectivity index (χ0n) is 13.9. The van der Waals surface area contributed by atoms with Crippen LogP contribution in [-0.2, 0) is 17.8 Å². The molecule has 0 fully saturated rings. The van der Waals surface area contributed by atoms with Gasteiger partial charge in [-0.3, -0.25) is 4.79 Å². The summed E-state index contributed by atoms with van der Waals surface area (Å²) < 4.78 is 1.55. The second-order valence-electron chi connectivity index (χ2n) is 5.65. The number of nitrogens with one attached hydrogen (secondary N) is 1. The van der Waals surface area contributed by atoms with Gasteiger partial charge < -0.3 is 5.32 Å². The highest BCUT2D eigenvalue weighted by Crippen LogP contribution is 2.17. The number of anilines is 1. The summed E-state index contributed by atoms with van der Waals surface area (Å²) in [6.45, 7) is 4.37. The predicted octanol–water partition coefficient (Wildman–Crippen LogP) is 2.45. The van der Waals surface area contributed by atoms with Crippen LogP contribution >= 0.6 is 11.3 Å². The summed E-state index contributed by atoms with van der Waals surface area (Å²) in [4.78, 5) is 20.5. The van der Waals surface area contributed by atoms with Crippen LogP contribution in [0.1, 0.15) is 27.7 Å². The molecule has 3 aromatic rings. The van der Waals surface area contributed by atoms with Crippen LogP contribution in [0.3, 0.4) is 0 Å². The Kier molecular flexibility index (Phi) is 4.86. The molecule has 2 aromatic heterocycles. The number of carbonyl (C=O) groups is 1. The van der Waals surface area contributed by atoms with E-state index >= 15 is 0 Å². The van der Waals surface area contributed by atoms with Gasteiger partial charge in [0.15, 0.2) is 0 Å². The molecular formula is C17H16N6OS. The maximum atomic E-state index is 12.2. The van der Waals surface area contributed by atoms with Crippen molar-refractivity contribution in [2.45, 2.75) is 26.8 Å². The predicted molar refractivity (Wildman–Crippen MR) is 94.2 cm³/mol. The molecule has 7 nitrogen and oxygen atoms in total. The normalized spacial score (nSPS) is 10.4. The molecule has 3 rings (SSSR count). The Morgan fingerprint density at radius 3 is 3.00 bits per heavy atom. The molecule has 1 amide bonds. The van der Waals surface area contributed by atoms with Crippen LogP contribution in [0.2, 0.25) is 0 Å². The maximum absolute atomic E-state index is 12.2. The van der Waals surface area contributed by atoms with E-state index in [1.807, 2.05) is 43.5 Å². The fraction of sp³-hybridized carbons (Fsp3) is 0.235. The van der Waals surface area contributed by atoms with E-state index in [0.717, 1.165) is 27.5 Å². The van der Waals surface area contributed by atoms with Crippen molar-refractivity contribution in [2.24, 2.45) is 0 Å². The third-order valence-electron chi connectivity index (χ3n) is 3.54. The summed E-state index contributed by atoms with van der Waals surface area (Å²) in [5.41, 5.74) is 3.74. The summed E-state index contributed by atoms with van der Waals surface area (Å²) in [5.74, 6) is 0.0328. The van der Waals surface area contributed by atoms with Crippen LogP contribution < -0.4 is 5.32 Å². The minimum atomic E-state index is -0.0953. The number of aromatic nitrogens is 4. The average molecular weight is 352 g/mol. The highest BCUT2D eigenvalue weighted by molar-refractivity contribution is 7.09. The molecular weight excluding hydrogens is 336 g/mol. The summed E-state index contributed by atoms with van der Waals surface area (Å²) in [5, 5.41) is 18.3. The first kappa shape index (κ1) is 16.8. The van der Waals surface area contributed by atoms with Crippen LogP contribution in [0, 0.1) is 25.2 Å². The minimum absolute atomic E-state index is 0.0953. The first-order valence-electron chi connectivity index (χ1n) is 7.63. The van der Waals surface area contributed by atoms with Crippen molar-refractivity contribution in [1.29, 1.82) is 5.26 Å². The fourth-order valence-electron chi connectivity index (χ4n) is 2.29. The SMILES string of the molecule is Cc1ccc(C)c(NC(=O)Cc2nc(Cn3cnc(C#N)n3)cs2)c1. The zero-order valence-corrected chi connectivity index (χ0v) is 14.7. The Balaban J connectivity index is 1.61. The summed E-state index contributed by atoms with van der Waals surface area (Å²) in [6, 6.07) is 7.84. The molecule has 1 aromatic carbocycles. The smallest absolute Gasteiger partial charge is 0.252 e. The van der Waals surface area contributed by atoms with E-state index in [0.29, 0.717) is 6.54 Å². The molecule has 0 radical (unpaired) electrons. The largest absolute Gasteiger partial charge is 0.325 e. The van der Waals surface area contributed by atoms with Gasteiger partial charge in [-0.2, -0.15) is 5.26 Å². The lowest BCUT2D eigenvalue weighted by molar-refractivity contribution is -0.115. The van der Waals surface area contributed by atoms with Gasteiger partial charge in [0.05, 0.1) is 18.7 Å². The maximum Gasteiger partial charge on any atom is 0.252 e. The van der Waals surface area contributed by atoms with Gasteiger partial charge in [-0.1, -0.05) is 12.1 Å². The third kappa shape index (κ3) is 4.28. The highest BCUT2D eigenvalue weighted by atomic mass is 32.1. The Morgan fingerprint density at radius 1 is 1.40 bits per heavy atom. The lowest BCUT2D eigenvalue weighted by atomic mass is 10.1. The Bertz CT molecular complexity index is 952. The number of nitriles is 1. The van der Waals surface area contributed by atoms with Crippen molar-refractivity contribution < 1.29 is 4.79 Å². The minimum Gasteiger partial charge on any atom is -0.325 e. The average Bonchev–Trinajstić information content (AvgIpc) is 3.20. The van der Waals surface area contributed by atoms with E-state index in [1.165, 1.54) is 17.7 Å². The Labute approximate surface area is 149 Å². The number of amides is 1. The van der Waals surface area contributed by atoms with Crippen LogP contribution in [-0.4, -0.2) is 25.7 Å². The highest BCUT2D eigenvalue weighted by Gasteiger charge is 2.11. The van der Waals surface area contributed by atoms with E-state index < -0.39 is 0 Å². The van der Waals surface area contributed by atoms with Crippen molar-refractivity contribution in [3.05, 3.63) is 57.6 Å². The van der Waals surface area contributed by atoms with Crippen molar-refractivity contribution in [2.75, 3.05) is 5.32 Å². The summed E-state index contributed by atoms with van der Waals surface area (Å²) >= 11 is 1.43. The second kappa shape index (κ2) is 7.23. The lowest BCUT2D eigenvalue weighted by Gasteiger charge is -2.08. The van der Waals surface area contributed by atoms with Gasteiger partial charge in [0, 0.05) is 11.1 Å². The van der Waals surface area contributed by atoms with Gasteiger partial charge in [-0.25, -0.2) is 14.6 Å². The van der Waals surface area contributed by atoms with Gasteiger partial charge in [0.2, 0.25) is 5.91 Å². The number of rotatable bonds is 5. The Hall–Kier alpha value is -3.05. The first-order valence-corrected chi connectivity index (χ1v) is 8.51. The molecule has 25 heavy (non-hydrogen) atoms. The summed E-state index contributed by atoms with van der Waals surface area (Å²) in [7, 11) is 0. The molecule has 2 heterocycles. The van der Waals surface area contributed by atoms with Crippen molar-refractivity contribution in [3.8, 4) is 6.07 Å². The van der Waals surface area contributed by atoms with Gasteiger partial charge in [-0.15, -0.1) is 16.4 Å². The molecule has 0 saturated carbocycles. The molecule has 0 aliphatic carbocycles. The van der Waals surface area contributed by atoms with Crippen molar-refractivity contribution in [3.63, 3.8) is 0 Å². The molecule has 0 atom stereocenters. The van der Waals surface area contributed by atoms with E-state index in [2.05, 4.69) is 20.4 Å². The molecule has 0 spiro atoms. The topological polar surface area (TPSA) is 96.5 Å². The number of hydrogen-bond donors (Lipinski definition) is 1. The van der Waals surface area contributed by atoms with Crippen molar-refractivity contribution >= 4 is 22.9 Å². The number of hydrogen-bond acceptors (Lipinski definition) is 6. The molecule has 0 saturated heterocycles. The van der Waals surface area contributed by atoms with Crippen molar-refractivity contribution in [1.82, 2.24) is 19.7 Å². The second-order valence-corrected chi connectivity index (χ2v) is 6.60. The first-order chi connectivity index (χ1) is 12.0. The van der Waals surface area contributed by atoms with Gasteiger partial charge in [0.25, 0.3) is 5.82 Å². The molecule has 0 unspecified atom stereocenters. The third-order valence-corrected chi connectivity index (χ3v) is 4.44. The zero-order chi connectivity index (χ0) is 17.8. The molecule has 126 valence electrons. The number of nitrogens with zero attached hydrogens (tertiary/aromatic N) is 5. The van der Waals surface area contributed by atoms with Crippen LogP contribution in [0.4, 0.5) is 5.69 Å². The van der Waals surface area contributed by atoms with Crippen LogP contribution in [0.25, 0.3) is 0 Å².